The first-order chi connectivity index (χ1) is 13.0. The Kier molecular flexibility index (Phi) is 6.17. The molecule has 27 heavy (non-hydrogen) atoms. The molecule has 0 saturated heterocycles. The number of hydrogen-bond acceptors (Lipinski definition) is 5. The summed E-state index contributed by atoms with van der Waals surface area (Å²) in [5, 5.41) is 0. The topological polar surface area (TPSA) is 40.2 Å². The Hall–Kier alpha value is -1.92. The van der Waals surface area contributed by atoms with Crippen LogP contribution in [0.25, 0.3) is 0 Å². The predicted octanol–water partition coefficient (Wildman–Crippen LogP) is 4.26. The Morgan fingerprint density at radius 1 is 0.963 bits per heavy atom. The molecule has 1 heterocycles. The van der Waals surface area contributed by atoms with Crippen LogP contribution >= 0.6 is 15.9 Å². The first kappa shape index (κ1) is 19.8. The van der Waals surface area contributed by atoms with Gasteiger partial charge in [-0.3, -0.25) is 4.90 Å². The van der Waals surface area contributed by atoms with Crippen LogP contribution in [0.5, 0.6) is 23.0 Å². The highest BCUT2D eigenvalue weighted by Gasteiger charge is 2.28. The molecule has 0 aliphatic carbocycles. The second-order valence-electron chi connectivity index (χ2n) is 6.63. The van der Waals surface area contributed by atoms with Gasteiger partial charge in [0.1, 0.15) is 0 Å². The number of fused-ring (bicyclic) bond motifs is 1. The summed E-state index contributed by atoms with van der Waals surface area (Å²) in [6.45, 7) is 0.998. The number of nitrogens with zero attached hydrogens (tertiary/aromatic N) is 1. The first-order valence-corrected chi connectivity index (χ1v) is 9.67. The molecular weight excluding hydrogens is 410 g/mol. The van der Waals surface area contributed by atoms with Crippen molar-refractivity contribution in [3.05, 3.63) is 45.4 Å². The molecule has 0 unspecified atom stereocenters. The maximum atomic E-state index is 5.54. The van der Waals surface area contributed by atoms with Crippen LogP contribution < -0.4 is 18.9 Å². The lowest BCUT2D eigenvalue weighted by Gasteiger charge is -2.35. The van der Waals surface area contributed by atoms with E-state index in [1.165, 1.54) is 16.7 Å². The molecule has 0 saturated carbocycles. The van der Waals surface area contributed by atoms with Crippen molar-refractivity contribution in [1.29, 1.82) is 0 Å². The minimum absolute atomic E-state index is 0.239. The molecule has 2 aromatic carbocycles. The molecule has 0 bridgehead atoms. The van der Waals surface area contributed by atoms with Crippen LogP contribution in [0.1, 0.15) is 22.7 Å². The number of halogens is 1. The van der Waals surface area contributed by atoms with E-state index in [0.717, 1.165) is 46.9 Å². The number of ether oxygens (including phenoxy) is 4. The van der Waals surface area contributed by atoms with Crippen LogP contribution in [0, 0.1) is 0 Å². The summed E-state index contributed by atoms with van der Waals surface area (Å²) in [5.74, 6) is 2.99. The van der Waals surface area contributed by atoms with Crippen molar-refractivity contribution in [2.45, 2.75) is 18.9 Å². The van der Waals surface area contributed by atoms with E-state index in [1.807, 2.05) is 6.07 Å². The fourth-order valence-electron chi connectivity index (χ4n) is 3.72. The third-order valence-corrected chi connectivity index (χ3v) is 6.12. The minimum Gasteiger partial charge on any atom is -0.493 e. The summed E-state index contributed by atoms with van der Waals surface area (Å²) in [4.78, 5) is 2.39. The van der Waals surface area contributed by atoms with Gasteiger partial charge in [0.15, 0.2) is 23.0 Å². The minimum atomic E-state index is 0.239. The largest absolute Gasteiger partial charge is 0.493 e. The first-order valence-electron chi connectivity index (χ1n) is 8.88. The Bertz CT molecular complexity index is 824. The van der Waals surface area contributed by atoms with Gasteiger partial charge in [0.05, 0.1) is 32.9 Å². The van der Waals surface area contributed by atoms with Gasteiger partial charge in [-0.05, 0) is 70.7 Å². The third kappa shape index (κ3) is 3.73. The normalized spacial score (nSPS) is 16.6. The van der Waals surface area contributed by atoms with E-state index in [-0.39, 0.29) is 6.04 Å². The number of hydrogen-bond donors (Lipinski definition) is 0. The average molecular weight is 436 g/mol. The van der Waals surface area contributed by atoms with E-state index >= 15 is 0 Å². The van der Waals surface area contributed by atoms with Gasteiger partial charge < -0.3 is 18.9 Å². The molecule has 0 amide bonds. The second-order valence-corrected chi connectivity index (χ2v) is 7.42. The van der Waals surface area contributed by atoms with E-state index in [9.17, 15) is 0 Å². The summed E-state index contributed by atoms with van der Waals surface area (Å²) < 4.78 is 22.9. The molecule has 1 aliphatic heterocycles. The number of methoxy groups -OCH3 is 4. The van der Waals surface area contributed by atoms with Crippen molar-refractivity contribution in [3.63, 3.8) is 0 Å². The van der Waals surface area contributed by atoms with Gasteiger partial charge in [-0.15, -0.1) is 0 Å². The highest BCUT2D eigenvalue weighted by atomic mass is 79.9. The second kappa shape index (κ2) is 8.40. The van der Waals surface area contributed by atoms with Gasteiger partial charge in [-0.25, -0.2) is 0 Å². The summed E-state index contributed by atoms with van der Waals surface area (Å²) in [6, 6.07) is 8.51. The molecule has 5 nitrogen and oxygen atoms in total. The van der Waals surface area contributed by atoms with Gasteiger partial charge in [-0.1, -0.05) is 6.07 Å². The average Bonchev–Trinajstić information content (AvgIpc) is 2.69. The van der Waals surface area contributed by atoms with E-state index in [2.05, 4.69) is 46.1 Å². The molecule has 0 fully saturated rings. The van der Waals surface area contributed by atoms with Crippen LogP contribution in [-0.4, -0.2) is 46.9 Å². The zero-order valence-electron chi connectivity index (χ0n) is 16.5. The third-order valence-electron chi connectivity index (χ3n) is 5.25. The van der Waals surface area contributed by atoms with E-state index in [0.29, 0.717) is 0 Å². The van der Waals surface area contributed by atoms with Crippen molar-refractivity contribution in [3.8, 4) is 23.0 Å². The van der Waals surface area contributed by atoms with Crippen LogP contribution in [0.15, 0.2) is 28.7 Å². The highest BCUT2D eigenvalue weighted by molar-refractivity contribution is 9.10. The maximum Gasteiger partial charge on any atom is 0.175 e. The molecule has 6 heteroatoms. The number of likely N-dealkylation sites (N-methyl/N-ethyl adjacent to an activating group) is 1. The Labute approximate surface area is 169 Å². The van der Waals surface area contributed by atoms with Crippen molar-refractivity contribution >= 4 is 15.9 Å². The molecule has 0 aromatic heterocycles. The summed E-state index contributed by atoms with van der Waals surface area (Å²) >= 11 is 3.70. The van der Waals surface area contributed by atoms with Crippen molar-refractivity contribution < 1.29 is 18.9 Å². The zero-order valence-corrected chi connectivity index (χ0v) is 18.1. The van der Waals surface area contributed by atoms with Gasteiger partial charge in [0.2, 0.25) is 0 Å². The summed E-state index contributed by atoms with van der Waals surface area (Å²) in [6.07, 6.45) is 1.84. The molecule has 3 rings (SSSR count). The molecule has 0 N–H and O–H groups in total. The van der Waals surface area contributed by atoms with E-state index in [4.69, 9.17) is 18.9 Å². The molecule has 0 spiro atoms. The SMILES string of the molecule is COc1cc2c(cc1OC)[C@H](Cc1ccc(OC)c(OC)c1Br)N(C)CC2. The summed E-state index contributed by atoms with van der Waals surface area (Å²) in [5.41, 5.74) is 3.77. The quantitative estimate of drug-likeness (QED) is 0.677. The van der Waals surface area contributed by atoms with Gasteiger partial charge in [0.25, 0.3) is 0 Å². The van der Waals surface area contributed by atoms with Crippen LogP contribution in [-0.2, 0) is 12.8 Å². The lowest BCUT2D eigenvalue weighted by Crippen LogP contribution is -2.33. The predicted molar refractivity (Wildman–Crippen MR) is 110 cm³/mol. The van der Waals surface area contributed by atoms with Crippen molar-refractivity contribution in [2.24, 2.45) is 0 Å². The van der Waals surface area contributed by atoms with Gasteiger partial charge in [-0.2, -0.15) is 0 Å². The molecule has 1 aliphatic rings. The maximum absolute atomic E-state index is 5.54. The fraction of sp³-hybridized carbons (Fsp3) is 0.429. The molecular formula is C21H26BrNO4. The molecule has 146 valence electrons. The van der Waals surface area contributed by atoms with Crippen molar-refractivity contribution in [1.82, 2.24) is 4.90 Å². The summed E-state index contributed by atoms with van der Waals surface area (Å²) in [7, 11) is 8.83. The zero-order chi connectivity index (χ0) is 19.6. The standard InChI is InChI=1S/C21H26BrNO4/c1-23-9-8-13-11-18(25-3)19(26-4)12-15(13)16(23)10-14-6-7-17(24-2)21(27-5)20(14)22/h6-7,11-12,16H,8-10H2,1-5H3/t16-/m0/s1. The molecule has 2 aromatic rings. The van der Waals surface area contributed by atoms with Crippen LogP contribution in [0.2, 0.25) is 0 Å². The molecule has 0 radical (unpaired) electrons. The monoisotopic (exact) mass is 435 g/mol. The fourth-order valence-corrected chi connectivity index (χ4v) is 4.37. The van der Waals surface area contributed by atoms with E-state index < -0.39 is 0 Å². The van der Waals surface area contributed by atoms with Crippen LogP contribution in [0.3, 0.4) is 0 Å². The van der Waals surface area contributed by atoms with Gasteiger partial charge >= 0.3 is 0 Å². The lowest BCUT2D eigenvalue weighted by molar-refractivity contribution is 0.227. The smallest absolute Gasteiger partial charge is 0.175 e. The van der Waals surface area contributed by atoms with E-state index in [1.54, 1.807) is 28.4 Å². The number of rotatable bonds is 6. The Morgan fingerprint density at radius 3 is 2.26 bits per heavy atom. The van der Waals surface area contributed by atoms with Gasteiger partial charge in [0, 0.05) is 12.6 Å². The lowest BCUT2D eigenvalue weighted by atomic mass is 9.88. The number of benzene rings is 2. The van der Waals surface area contributed by atoms with Crippen LogP contribution in [0.4, 0.5) is 0 Å². The Morgan fingerprint density at radius 2 is 1.63 bits per heavy atom. The van der Waals surface area contributed by atoms with Crippen molar-refractivity contribution in [2.75, 3.05) is 42.0 Å². The Balaban J connectivity index is 2.01. The molecule has 1 atom stereocenters. The highest BCUT2D eigenvalue weighted by Crippen LogP contribution is 2.42.